The smallest absolute Gasteiger partial charge is 0.0521 e. The zero-order chi connectivity index (χ0) is 10.7. The van der Waals surface area contributed by atoms with Crippen molar-refractivity contribution in [3.63, 3.8) is 0 Å². The Balaban J connectivity index is 2.33. The van der Waals surface area contributed by atoms with E-state index in [0.29, 0.717) is 0 Å². The van der Waals surface area contributed by atoms with Gasteiger partial charge in [-0.05, 0) is 23.3 Å². The first kappa shape index (κ1) is 10.3. The number of halogens is 1. The second-order valence-electron chi connectivity index (χ2n) is 3.20. The Morgan fingerprint density at radius 2 is 1.33 bits per heavy atom. The predicted molar refractivity (Wildman–Crippen MR) is 68.7 cm³/mol. The maximum atomic E-state index is 5.82. The molecule has 0 nitrogen and oxygen atoms in total. The monoisotopic (exact) mass is 232 g/mol. The number of hydrogen-bond donors (Lipinski definition) is 0. The molecule has 0 saturated carbocycles. The van der Waals surface area contributed by atoms with Crippen LogP contribution in [0.1, 0.15) is 11.1 Å². The van der Waals surface area contributed by atoms with Gasteiger partial charge < -0.3 is 0 Å². The molecule has 0 heterocycles. The zero-order valence-corrected chi connectivity index (χ0v) is 9.55. The molecule has 2 aromatic carbocycles. The minimum absolute atomic E-state index is 0.731. The van der Waals surface area contributed by atoms with E-state index in [9.17, 15) is 0 Å². The number of thiocarbonyl (C=S) groups is 1. The molecule has 0 aliphatic rings. The van der Waals surface area contributed by atoms with Gasteiger partial charge in [0.05, 0.1) is 4.86 Å². The molecular weight excluding hydrogens is 224 g/mol. The molecule has 2 aromatic rings. The molecule has 0 aliphatic carbocycles. The van der Waals surface area contributed by atoms with E-state index in [2.05, 4.69) is 0 Å². The molecule has 0 amide bonds. The Morgan fingerprint density at radius 1 is 0.800 bits per heavy atom. The summed E-state index contributed by atoms with van der Waals surface area (Å²) in [4.78, 5) is 0.854. The fourth-order valence-electron chi connectivity index (χ4n) is 1.36. The molecule has 0 unspecified atom stereocenters. The molecule has 0 aliphatic heterocycles. The van der Waals surface area contributed by atoms with E-state index in [1.807, 2.05) is 54.6 Å². The van der Waals surface area contributed by atoms with E-state index in [4.69, 9.17) is 23.8 Å². The highest BCUT2D eigenvalue weighted by molar-refractivity contribution is 7.81. The Hall–Kier alpha value is -1.18. The minimum atomic E-state index is 0.731. The third kappa shape index (κ3) is 2.44. The van der Waals surface area contributed by atoms with Gasteiger partial charge in [0, 0.05) is 5.02 Å². The number of hydrogen-bond acceptors (Lipinski definition) is 1. The number of benzene rings is 2. The van der Waals surface area contributed by atoms with Gasteiger partial charge in [-0.1, -0.05) is 66.3 Å². The predicted octanol–water partition coefficient (Wildman–Crippen LogP) is 4.11. The topological polar surface area (TPSA) is 0 Å². The fourth-order valence-corrected chi connectivity index (χ4v) is 1.76. The third-order valence-electron chi connectivity index (χ3n) is 2.14. The summed E-state index contributed by atoms with van der Waals surface area (Å²) in [6.07, 6.45) is 0. The first-order chi connectivity index (χ1) is 7.27. The largest absolute Gasteiger partial charge is 0.0843 e. The molecule has 2 rings (SSSR count). The summed E-state index contributed by atoms with van der Waals surface area (Å²) in [5, 5.41) is 0.731. The van der Waals surface area contributed by atoms with Crippen LogP contribution in [0.25, 0.3) is 0 Å². The summed E-state index contributed by atoms with van der Waals surface area (Å²) < 4.78 is 0. The Morgan fingerprint density at radius 3 is 1.93 bits per heavy atom. The maximum absolute atomic E-state index is 5.82. The Kier molecular flexibility index (Phi) is 3.14. The van der Waals surface area contributed by atoms with E-state index in [1.54, 1.807) is 0 Å². The van der Waals surface area contributed by atoms with Crippen LogP contribution in [0.5, 0.6) is 0 Å². The molecule has 0 fully saturated rings. The fraction of sp³-hybridized carbons (Fsp3) is 0. The van der Waals surface area contributed by atoms with E-state index < -0.39 is 0 Å². The van der Waals surface area contributed by atoms with Gasteiger partial charge in [0.1, 0.15) is 0 Å². The summed E-state index contributed by atoms with van der Waals surface area (Å²) >= 11 is 11.2. The van der Waals surface area contributed by atoms with Crippen LogP contribution >= 0.6 is 23.8 Å². The molecule has 15 heavy (non-hydrogen) atoms. The van der Waals surface area contributed by atoms with Crippen molar-refractivity contribution in [2.45, 2.75) is 0 Å². The summed E-state index contributed by atoms with van der Waals surface area (Å²) in [6, 6.07) is 17.6. The lowest BCUT2D eigenvalue weighted by atomic mass is 10.1. The van der Waals surface area contributed by atoms with Gasteiger partial charge in [-0.15, -0.1) is 0 Å². The van der Waals surface area contributed by atoms with E-state index >= 15 is 0 Å². The van der Waals surface area contributed by atoms with E-state index in [0.717, 1.165) is 21.0 Å². The first-order valence-electron chi connectivity index (χ1n) is 4.63. The SMILES string of the molecule is S=C(c1ccccc1)c1ccc(Cl)cc1. The zero-order valence-electron chi connectivity index (χ0n) is 7.98. The molecule has 0 N–H and O–H groups in total. The van der Waals surface area contributed by atoms with Crippen molar-refractivity contribution >= 4 is 28.7 Å². The lowest BCUT2D eigenvalue weighted by Crippen LogP contribution is -1.98. The second-order valence-corrected chi connectivity index (χ2v) is 4.05. The molecule has 0 atom stereocenters. The Bertz CT molecular complexity index is 460. The van der Waals surface area contributed by atoms with Crippen molar-refractivity contribution in [3.05, 3.63) is 70.7 Å². The van der Waals surface area contributed by atoms with Crippen LogP contribution in [0.2, 0.25) is 5.02 Å². The van der Waals surface area contributed by atoms with Crippen LogP contribution in [0.3, 0.4) is 0 Å². The van der Waals surface area contributed by atoms with Gasteiger partial charge >= 0.3 is 0 Å². The molecule has 0 radical (unpaired) electrons. The highest BCUT2D eigenvalue weighted by Crippen LogP contribution is 2.14. The molecule has 0 saturated heterocycles. The third-order valence-corrected chi connectivity index (χ3v) is 2.87. The van der Waals surface area contributed by atoms with Gasteiger partial charge in [0.15, 0.2) is 0 Å². The Labute approximate surface area is 99.5 Å². The lowest BCUT2D eigenvalue weighted by molar-refractivity contribution is 1.62. The molecule has 0 spiro atoms. The van der Waals surface area contributed by atoms with Crippen molar-refractivity contribution in [2.75, 3.05) is 0 Å². The molecule has 74 valence electrons. The average Bonchev–Trinajstić information content (AvgIpc) is 2.30. The van der Waals surface area contributed by atoms with Crippen molar-refractivity contribution < 1.29 is 0 Å². The van der Waals surface area contributed by atoms with Gasteiger partial charge in [-0.2, -0.15) is 0 Å². The minimum Gasteiger partial charge on any atom is -0.0843 e. The van der Waals surface area contributed by atoms with E-state index in [-0.39, 0.29) is 0 Å². The molecular formula is C13H9ClS. The maximum Gasteiger partial charge on any atom is 0.0521 e. The van der Waals surface area contributed by atoms with Crippen LogP contribution in [0.15, 0.2) is 54.6 Å². The molecule has 2 heteroatoms. The van der Waals surface area contributed by atoms with Crippen LogP contribution < -0.4 is 0 Å². The van der Waals surface area contributed by atoms with Crippen molar-refractivity contribution in [2.24, 2.45) is 0 Å². The quantitative estimate of drug-likeness (QED) is 0.555. The van der Waals surface area contributed by atoms with Gasteiger partial charge in [-0.25, -0.2) is 0 Å². The highest BCUT2D eigenvalue weighted by Gasteiger charge is 2.02. The van der Waals surface area contributed by atoms with Crippen molar-refractivity contribution in [1.82, 2.24) is 0 Å². The standard InChI is InChI=1S/C13H9ClS/c14-12-8-6-11(7-9-12)13(15)10-4-2-1-3-5-10/h1-9H. The van der Waals surface area contributed by atoms with Crippen LogP contribution in [0.4, 0.5) is 0 Å². The number of rotatable bonds is 2. The van der Waals surface area contributed by atoms with Crippen LogP contribution in [0, 0.1) is 0 Å². The first-order valence-corrected chi connectivity index (χ1v) is 5.41. The van der Waals surface area contributed by atoms with Crippen molar-refractivity contribution in [3.8, 4) is 0 Å². The highest BCUT2D eigenvalue weighted by atomic mass is 35.5. The normalized spacial score (nSPS) is 9.93. The van der Waals surface area contributed by atoms with Crippen LogP contribution in [-0.4, -0.2) is 4.86 Å². The second kappa shape index (κ2) is 4.56. The summed E-state index contributed by atoms with van der Waals surface area (Å²) in [6.45, 7) is 0. The summed E-state index contributed by atoms with van der Waals surface area (Å²) in [5.74, 6) is 0. The average molecular weight is 233 g/mol. The van der Waals surface area contributed by atoms with Gasteiger partial charge in [0.2, 0.25) is 0 Å². The lowest BCUT2D eigenvalue weighted by Gasteiger charge is -2.03. The summed E-state index contributed by atoms with van der Waals surface area (Å²) in [5.41, 5.74) is 2.09. The van der Waals surface area contributed by atoms with Crippen molar-refractivity contribution in [1.29, 1.82) is 0 Å². The summed E-state index contributed by atoms with van der Waals surface area (Å²) in [7, 11) is 0. The van der Waals surface area contributed by atoms with Gasteiger partial charge in [0.25, 0.3) is 0 Å². The molecule has 0 bridgehead atoms. The van der Waals surface area contributed by atoms with Gasteiger partial charge in [-0.3, -0.25) is 0 Å². The van der Waals surface area contributed by atoms with Crippen LogP contribution in [-0.2, 0) is 0 Å². The molecule has 0 aromatic heterocycles. The van der Waals surface area contributed by atoms with E-state index in [1.165, 1.54) is 0 Å².